The maximum absolute atomic E-state index is 5.43. The molecule has 0 saturated carbocycles. The molecule has 0 aliphatic heterocycles. The summed E-state index contributed by atoms with van der Waals surface area (Å²) in [5.74, 6) is 0.941. The molecule has 0 unspecified atom stereocenters. The Kier molecular flexibility index (Phi) is 6.92. The highest BCUT2D eigenvalue weighted by atomic mass is 15.1. The minimum absolute atomic E-state index is 0.173. The van der Waals surface area contributed by atoms with Crippen molar-refractivity contribution in [2.45, 2.75) is 33.1 Å². The first kappa shape index (κ1) is 30.0. The van der Waals surface area contributed by atoms with Crippen molar-refractivity contribution in [1.82, 2.24) is 14.5 Å². The standard InChI is InChI=1S/C47H37N3/c1-30(32-24-26-34(27-25-32)46-48-40-20-12-13-21-41(40)50(46)35-15-6-5-7-16-35)22-23-31(2)42-38-29-28-33-14-8-9-17-36(33)44(38)49-45-37-18-10-11-19-39(37)47(3,4)43(42)45/h5-29H,1-4H3/b30-22+,31-23+. The molecular formula is C47H37N3. The number of hydrogen-bond donors (Lipinski definition) is 0. The molecule has 1 aliphatic rings. The fourth-order valence-corrected chi connectivity index (χ4v) is 7.95. The number of rotatable bonds is 5. The zero-order valence-electron chi connectivity index (χ0n) is 28.8. The van der Waals surface area contributed by atoms with Crippen LogP contribution in [0.15, 0.2) is 152 Å². The van der Waals surface area contributed by atoms with E-state index < -0.39 is 0 Å². The van der Waals surface area contributed by atoms with E-state index in [0.717, 1.165) is 39.3 Å². The fraction of sp³-hybridized carbons (Fsp3) is 0.106. The first-order chi connectivity index (χ1) is 24.4. The van der Waals surface area contributed by atoms with Crippen molar-refractivity contribution in [1.29, 1.82) is 0 Å². The molecule has 0 amide bonds. The van der Waals surface area contributed by atoms with Crippen LogP contribution in [0.4, 0.5) is 0 Å². The van der Waals surface area contributed by atoms with E-state index in [1.54, 1.807) is 0 Å². The van der Waals surface area contributed by atoms with Crippen LogP contribution in [0.5, 0.6) is 0 Å². The van der Waals surface area contributed by atoms with Gasteiger partial charge >= 0.3 is 0 Å². The molecule has 50 heavy (non-hydrogen) atoms. The van der Waals surface area contributed by atoms with Crippen LogP contribution in [0.2, 0.25) is 0 Å². The van der Waals surface area contributed by atoms with E-state index in [1.807, 2.05) is 6.07 Å². The first-order valence-corrected chi connectivity index (χ1v) is 17.4. The zero-order valence-corrected chi connectivity index (χ0v) is 28.8. The lowest BCUT2D eigenvalue weighted by Crippen LogP contribution is -2.17. The summed E-state index contributed by atoms with van der Waals surface area (Å²) < 4.78 is 2.25. The summed E-state index contributed by atoms with van der Waals surface area (Å²) in [7, 11) is 0. The van der Waals surface area contributed by atoms with Gasteiger partial charge in [-0.2, -0.15) is 0 Å². The highest BCUT2D eigenvalue weighted by molar-refractivity contribution is 6.11. The summed E-state index contributed by atoms with van der Waals surface area (Å²) in [6.07, 6.45) is 4.56. The average Bonchev–Trinajstić information content (AvgIpc) is 3.66. The predicted octanol–water partition coefficient (Wildman–Crippen LogP) is 12.2. The molecule has 0 radical (unpaired) electrons. The molecule has 0 fully saturated rings. The lowest BCUT2D eigenvalue weighted by molar-refractivity contribution is 0.658. The molecule has 240 valence electrons. The van der Waals surface area contributed by atoms with Crippen LogP contribution in [0.3, 0.4) is 0 Å². The molecule has 0 saturated heterocycles. The number of imidazole rings is 1. The lowest BCUT2D eigenvalue weighted by atomic mass is 9.78. The summed E-state index contributed by atoms with van der Waals surface area (Å²) in [6.45, 7) is 9.14. The van der Waals surface area contributed by atoms with Crippen LogP contribution in [0, 0.1) is 0 Å². The Morgan fingerprint density at radius 3 is 2.16 bits per heavy atom. The quantitative estimate of drug-likeness (QED) is 0.138. The van der Waals surface area contributed by atoms with Crippen LogP contribution >= 0.6 is 0 Å². The molecule has 0 N–H and O–H groups in total. The normalized spacial score (nSPS) is 14.0. The van der Waals surface area contributed by atoms with Crippen LogP contribution in [-0.4, -0.2) is 14.5 Å². The summed E-state index contributed by atoms with van der Waals surface area (Å²) in [5.41, 5.74) is 15.1. The van der Waals surface area contributed by atoms with Crippen molar-refractivity contribution in [3.05, 3.63) is 174 Å². The molecule has 3 heteroatoms. The van der Waals surface area contributed by atoms with Gasteiger partial charge in [-0.1, -0.05) is 141 Å². The average molecular weight is 644 g/mol. The molecular weight excluding hydrogens is 607 g/mol. The number of pyridine rings is 1. The SMILES string of the molecule is C/C(=C\C=C(/C)c1c2c(nc3c1ccc1ccccc13)-c1ccccc1C2(C)C)c1ccc(-c2nc3ccccc3n2-c2ccccc2)cc1. The highest BCUT2D eigenvalue weighted by Crippen LogP contribution is 2.52. The van der Waals surface area contributed by atoms with Gasteiger partial charge in [0.2, 0.25) is 0 Å². The topological polar surface area (TPSA) is 30.7 Å². The van der Waals surface area contributed by atoms with Crippen molar-refractivity contribution in [3.8, 4) is 28.3 Å². The van der Waals surface area contributed by atoms with Crippen molar-refractivity contribution >= 4 is 43.9 Å². The monoisotopic (exact) mass is 643 g/mol. The second-order valence-corrected chi connectivity index (χ2v) is 13.9. The maximum Gasteiger partial charge on any atom is 0.145 e. The number of nitrogens with zero attached hydrogens (tertiary/aromatic N) is 3. The van der Waals surface area contributed by atoms with Gasteiger partial charge in [0.25, 0.3) is 0 Å². The Bertz CT molecular complexity index is 2670. The molecule has 9 rings (SSSR count). The Morgan fingerprint density at radius 1 is 0.620 bits per heavy atom. The molecule has 1 aliphatic carbocycles. The van der Waals surface area contributed by atoms with E-state index >= 15 is 0 Å². The first-order valence-electron chi connectivity index (χ1n) is 17.4. The molecule has 0 spiro atoms. The summed E-state index contributed by atoms with van der Waals surface area (Å²) in [5, 5.41) is 3.61. The molecule has 0 bridgehead atoms. The number of fused-ring (bicyclic) bond motifs is 7. The van der Waals surface area contributed by atoms with Gasteiger partial charge in [-0.3, -0.25) is 4.57 Å². The smallest absolute Gasteiger partial charge is 0.145 e. The Labute approximate surface area is 292 Å². The summed E-state index contributed by atoms with van der Waals surface area (Å²) in [6, 6.07) is 49.5. The van der Waals surface area contributed by atoms with Crippen molar-refractivity contribution in [2.75, 3.05) is 0 Å². The minimum atomic E-state index is -0.173. The second kappa shape index (κ2) is 11.5. The largest absolute Gasteiger partial charge is 0.292 e. The summed E-state index contributed by atoms with van der Waals surface area (Å²) >= 11 is 0. The van der Waals surface area contributed by atoms with Gasteiger partial charge in [-0.25, -0.2) is 9.97 Å². The molecule has 6 aromatic carbocycles. The maximum atomic E-state index is 5.43. The van der Waals surface area contributed by atoms with Crippen LogP contribution in [0.25, 0.3) is 72.2 Å². The molecule has 3 nitrogen and oxygen atoms in total. The van der Waals surface area contributed by atoms with Crippen LogP contribution in [0.1, 0.15) is 49.9 Å². The zero-order chi connectivity index (χ0) is 34.0. The Balaban J connectivity index is 1.14. The highest BCUT2D eigenvalue weighted by Gasteiger charge is 2.39. The van der Waals surface area contributed by atoms with Gasteiger partial charge in [-0.15, -0.1) is 0 Å². The third-order valence-corrected chi connectivity index (χ3v) is 10.5. The van der Waals surface area contributed by atoms with E-state index in [1.165, 1.54) is 55.1 Å². The van der Waals surface area contributed by atoms with Gasteiger partial charge in [0.15, 0.2) is 0 Å². The van der Waals surface area contributed by atoms with Crippen molar-refractivity contribution in [2.24, 2.45) is 0 Å². The van der Waals surface area contributed by atoms with Crippen molar-refractivity contribution < 1.29 is 0 Å². The molecule has 2 heterocycles. The number of aromatic nitrogens is 3. The second-order valence-electron chi connectivity index (χ2n) is 13.9. The Hall–Kier alpha value is -6.06. The lowest BCUT2D eigenvalue weighted by Gasteiger charge is -2.25. The molecule has 2 aromatic heterocycles. The minimum Gasteiger partial charge on any atom is -0.292 e. The molecule has 8 aromatic rings. The third kappa shape index (κ3) is 4.65. The van der Waals surface area contributed by atoms with E-state index in [4.69, 9.17) is 9.97 Å². The van der Waals surface area contributed by atoms with Gasteiger partial charge in [0.1, 0.15) is 5.82 Å². The van der Waals surface area contributed by atoms with Gasteiger partial charge < -0.3 is 0 Å². The molecule has 0 atom stereocenters. The summed E-state index contributed by atoms with van der Waals surface area (Å²) in [4.78, 5) is 10.5. The van der Waals surface area contributed by atoms with Crippen molar-refractivity contribution in [3.63, 3.8) is 0 Å². The number of benzene rings is 6. The Morgan fingerprint density at radius 2 is 1.32 bits per heavy atom. The van der Waals surface area contributed by atoms with Crippen LogP contribution in [-0.2, 0) is 5.41 Å². The van der Waals surface area contributed by atoms with Gasteiger partial charge in [0, 0.05) is 33.0 Å². The third-order valence-electron chi connectivity index (χ3n) is 10.5. The predicted molar refractivity (Wildman–Crippen MR) is 211 cm³/mol. The number of allylic oxidation sites excluding steroid dienone is 4. The van der Waals surface area contributed by atoms with Crippen LogP contribution < -0.4 is 0 Å². The van der Waals surface area contributed by atoms with E-state index in [0.29, 0.717) is 0 Å². The van der Waals surface area contributed by atoms with Gasteiger partial charge in [-0.05, 0) is 76.9 Å². The van der Waals surface area contributed by atoms with Gasteiger partial charge in [0.05, 0.1) is 22.2 Å². The van der Waals surface area contributed by atoms with E-state index in [2.05, 4.69) is 178 Å². The van der Waals surface area contributed by atoms with E-state index in [-0.39, 0.29) is 5.41 Å². The number of para-hydroxylation sites is 3. The van der Waals surface area contributed by atoms with E-state index in [9.17, 15) is 0 Å². The fourth-order valence-electron chi connectivity index (χ4n) is 7.95. The number of hydrogen-bond acceptors (Lipinski definition) is 2.